The van der Waals surface area contributed by atoms with Gasteiger partial charge in [-0.25, -0.2) is 4.79 Å². The molecule has 0 amide bonds. The van der Waals surface area contributed by atoms with Crippen molar-refractivity contribution in [2.45, 2.75) is 90.8 Å². The van der Waals surface area contributed by atoms with E-state index in [2.05, 4.69) is 20.8 Å². The van der Waals surface area contributed by atoms with Gasteiger partial charge in [-0.05, 0) is 91.6 Å². The second kappa shape index (κ2) is 10.4. The molecule has 0 heterocycles. The second-order valence-corrected chi connectivity index (χ2v) is 13.2. The molecule has 0 spiro atoms. The summed E-state index contributed by atoms with van der Waals surface area (Å²) in [5, 5.41) is 11.6. The Hall–Kier alpha value is -2.21. The largest absolute Gasteiger partial charge is 0.469 e. The summed E-state index contributed by atoms with van der Waals surface area (Å²) in [4.78, 5) is 37.8. The monoisotopic (exact) mass is 526 g/mol. The first-order chi connectivity index (χ1) is 18.1. The molecule has 0 radical (unpaired) electrons. The van der Waals surface area contributed by atoms with Gasteiger partial charge in [-0.3, -0.25) is 9.59 Å². The van der Waals surface area contributed by atoms with E-state index in [0.29, 0.717) is 43.5 Å². The van der Waals surface area contributed by atoms with Crippen LogP contribution >= 0.6 is 0 Å². The number of carbonyl (C=O) groups excluding carboxylic acids is 3. The van der Waals surface area contributed by atoms with Crippen molar-refractivity contribution in [1.82, 2.24) is 0 Å². The molecule has 10 atom stereocenters. The van der Waals surface area contributed by atoms with Gasteiger partial charge in [0, 0.05) is 24.7 Å². The molecule has 0 aliphatic heterocycles. The Morgan fingerprint density at radius 3 is 2.55 bits per heavy atom. The van der Waals surface area contributed by atoms with Crippen molar-refractivity contribution in [2.75, 3.05) is 7.11 Å². The van der Waals surface area contributed by atoms with Crippen LogP contribution in [-0.2, 0) is 19.1 Å². The van der Waals surface area contributed by atoms with Crippen molar-refractivity contribution < 1.29 is 29.0 Å². The Morgan fingerprint density at radius 1 is 1.11 bits per heavy atom. The topological polar surface area (TPSA) is 89.9 Å². The lowest BCUT2D eigenvalue weighted by molar-refractivity contribution is -0.201. The Morgan fingerprint density at radius 2 is 1.84 bits per heavy atom. The molecule has 6 heteroatoms. The van der Waals surface area contributed by atoms with Gasteiger partial charge in [0.25, 0.3) is 0 Å². The first kappa shape index (κ1) is 27.4. The summed E-state index contributed by atoms with van der Waals surface area (Å²) in [6.07, 6.45) is 5.80. The number of fused-ring (bicyclic) bond motifs is 5. The Kier molecular flexibility index (Phi) is 7.49. The number of aliphatic hydroxyl groups is 1. The molecule has 0 saturated heterocycles. The first-order valence-electron chi connectivity index (χ1n) is 14.6. The van der Waals surface area contributed by atoms with Gasteiger partial charge in [-0.2, -0.15) is 0 Å². The van der Waals surface area contributed by atoms with Gasteiger partial charge in [-0.15, -0.1) is 0 Å². The SMILES string of the molecule is COC(=O)CC[C@@H](C)[C@H]1CC[C@H]2[C@@H]3[C@H](O)C[C@@H]4[13CH2][13C](=O)CC[C@]4(C)[C@H]3C[C@H](OC(=O)c3ccccc3)[C@]12C. The zero-order valence-electron chi connectivity index (χ0n) is 23.4. The number of methoxy groups -OCH3 is 1. The summed E-state index contributed by atoms with van der Waals surface area (Å²) >= 11 is 0. The van der Waals surface area contributed by atoms with Crippen molar-refractivity contribution in [3.63, 3.8) is 0 Å². The molecule has 0 unspecified atom stereocenters. The van der Waals surface area contributed by atoms with Crippen molar-refractivity contribution in [1.29, 1.82) is 0 Å². The van der Waals surface area contributed by atoms with Crippen LogP contribution in [0.4, 0.5) is 0 Å². The number of rotatable bonds is 6. The molecule has 0 bridgehead atoms. The smallest absolute Gasteiger partial charge is 0.338 e. The van der Waals surface area contributed by atoms with Crippen LogP contribution in [-0.4, -0.2) is 42.1 Å². The van der Waals surface area contributed by atoms with Crippen molar-refractivity contribution in [3.05, 3.63) is 35.9 Å². The quantitative estimate of drug-likeness (QED) is 0.383. The summed E-state index contributed by atoms with van der Waals surface area (Å²) in [6.45, 7) is 6.83. The van der Waals surface area contributed by atoms with Crippen LogP contribution in [0.3, 0.4) is 0 Å². The predicted octanol–water partition coefficient (Wildman–Crippen LogP) is 5.61. The predicted molar refractivity (Wildman–Crippen MR) is 143 cm³/mol. The number of aliphatic hydroxyl groups excluding tert-OH is 1. The number of hydrogen-bond acceptors (Lipinski definition) is 6. The molecular weight excluding hydrogens is 482 g/mol. The zero-order valence-corrected chi connectivity index (χ0v) is 23.4. The highest BCUT2D eigenvalue weighted by molar-refractivity contribution is 5.89. The standard InChI is InChI=1S/C32H44O6/c1-19(10-13-28(35)37-4)23-11-12-24-29-25(31(2)15-14-22(33)16-21(31)17-26(29)34)18-27(32(23,24)3)38-30(36)20-8-6-5-7-9-20/h5-9,19,21,23-27,29,34H,10-18H2,1-4H3/t19-,21+,23-,24+,25+,26-,27+,29+,31+,32-/m1/s1/i16+1,22+1. The Bertz CT molecular complexity index is 1050. The summed E-state index contributed by atoms with van der Waals surface area (Å²) in [5.74, 6) is 1.12. The molecule has 1 aromatic rings. The van der Waals surface area contributed by atoms with E-state index in [1.807, 2.05) is 18.2 Å². The number of ketones is 1. The van der Waals surface area contributed by atoms with Crippen LogP contribution in [0.1, 0.15) is 88.9 Å². The van der Waals surface area contributed by atoms with Crippen LogP contribution in [0, 0.1) is 46.3 Å². The Balaban J connectivity index is 1.50. The van der Waals surface area contributed by atoms with Crippen LogP contribution < -0.4 is 0 Å². The minimum atomic E-state index is -0.441. The lowest BCUT2D eigenvalue weighted by Gasteiger charge is -2.63. The lowest BCUT2D eigenvalue weighted by atomic mass is 9.45. The third-order valence-corrected chi connectivity index (χ3v) is 11.6. The number of ether oxygens (including phenoxy) is 2. The highest BCUT2D eigenvalue weighted by atomic mass is 16.5. The number of carbonyl (C=O) groups is 3. The number of hydrogen-bond donors (Lipinski definition) is 1. The molecule has 4 aliphatic rings. The summed E-state index contributed by atoms with van der Waals surface area (Å²) in [5.41, 5.74) is 0.222. The van der Waals surface area contributed by atoms with E-state index >= 15 is 0 Å². The number of benzene rings is 1. The number of esters is 2. The molecule has 5 rings (SSSR count). The summed E-state index contributed by atoms with van der Waals surface area (Å²) in [7, 11) is 1.43. The van der Waals surface area contributed by atoms with Gasteiger partial charge in [0.1, 0.15) is 11.9 Å². The van der Waals surface area contributed by atoms with E-state index in [-0.39, 0.29) is 64.4 Å². The maximum Gasteiger partial charge on any atom is 0.338 e. The highest BCUT2D eigenvalue weighted by Crippen LogP contribution is 2.68. The van der Waals surface area contributed by atoms with Crippen LogP contribution in [0.2, 0.25) is 0 Å². The van der Waals surface area contributed by atoms with Gasteiger partial charge in [0.2, 0.25) is 0 Å². The molecular formula is C32H44O6. The molecule has 4 aliphatic carbocycles. The van der Waals surface area contributed by atoms with Gasteiger partial charge in [-0.1, -0.05) is 39.0 Å². The van der Waals surface area contributed by atoms with Crippen molar-refractivity contribution >= 4 is 17.7 Å². The van der Waals surface area contributed by atoms with Crippen molar-refractivity contribution in [3.8, 4) is 0 Å². The maximum absolute atomic E-state index is 13.4. The van der Waals surface area contributed by atoms with Crippen LogP contribution in [0.5, 0.6) is 0 Å². The molecule has 6 nitrogen and oxygen atoms in total. The highest BCUT2D eigenvalue weighted by Gasteiger charge is 2.66. The molecule has 1 N–H and O–H groups in total. The average Bonchev–Trinajstić information content (AvgIpc) is 3.27. The van der Waals surface area contributed by atoms with E-state index in [9.17, 15) is 19.5 Å². The molecule has 4 saturated carbocycles. The van der Waals surface area contributed by atoms with E-state index in [1.165, 1.54) is 7.11 Å². The van der Waals surface area contributed by atoms with E-state index in [0.717, 1.165) is 25.7 Å². The van der Waals surface area contributed by atoms with Gasteiger partial charge in [0.05, 0.1) is 18.8 Å². The van der Waals surface area contributed by atoms with Crippen LogP contribution in [0.15, 0.2) is 30.3 Å². The summed E-state index contributed by atoms with van der Waals surface area (Å²) < 4.78 is 11.4. The van der Waals surface area contributed by atoms with E-state index < -0.39 is 6.10 Å². The molecule has 0 aromatic heterocycles. The fourth-order valence-electron chi connectivity index (χ4n) is 9.51. The molecule has 4 fully saturated rings. The third kappa shape index (κ3) is 4.51. The maximum atomic E-state index is 13.4. The molecule has 208 valence electrons. The second-order valence-electron chi connectivity index (χ2n) is 13.2. The Labute approximate surface area is 226 Å². The lowest BCUT2D eigenvalue weighted by Crippen LogP contribution is -2.62. The van der Waals surface area contributed by atoms with E-state index in [1.54, 1.807) is 12.1 Å². The molecule has 38 heavy (non-hydrogen) atoms. The molecule has 1 aromatic carbocycles. The van der Waals surface area contributed by atoms with Gasteiger partial charge in [0.15, 0.2) is 0 Å². The zero-order chi connectivity index (χ0) is 27.2. The van der Waals surface area contributed by atoms with Gasteiger partial charge < -0.3 is 14.6 Å². The van der Waals surface area contributed by atoms with Crippen molar-refractivity contribution in [2.24, 2.45) is 46.3 Å². The fourth-order valence-corrected chi connectivity index (χ4v) is 9.51. The van der Waals surface area contributed by atoms with Gasteiger partial charge >= 0.3 is 11.9 Å². The van der Waals surface area contributed by atoms with Crippen LogP contribution in [0.25, 0.3) is 0 Å². The third-order valence-electron chi connectivity index (χ3n) is 11.6. The average molecular weight is 527 g/mol. The van der Waals surface area contributed by atoms with E-state index in [4.69, 9.17) is 9.47 Å². The first-order valence-corrected chi connectivity index (χ1v) is 14.6. The minimum absolute atomic E-state index is 0.0366. The fraction of sp³-hybridized carbons (Fsp3) is 0.719. The normalized spacial score (nSPS) is 40.9. The minimum Gasteiger partial charge on any atom is -0.469 e. The number of Topliss-reactive ketones (excluding diaryl/α,β-unsaturated/α-hetero) is 1. The summed E-state index contributed by atoms with van der Waals surface area (Å²) in [6, 6.07) is 9.20.